The Kier molecular flexibility index (Phi) is 16.6. The van der Waals surface area contributed by atoms with Crippen molar-refractivity contribution in [2.24, 2.45) is 5.92 Å². The van der Waals surface area contributed by atoms with Gasteiger partial charge in [-0.05, 0) is 74.8 Å². The molecule has 2 saturated heterocycles. The predicted molar refractivity (Wildman–Crippen MR) is 192 cm³/mol. The van der Waals surface area contributed by atoms with Crippen molar-refractivity contribution in [3.63, 3.8) is 0 Å². The molecule has 4 unspecified atom stereocenters. The van der Waals surface area contributed by atoms with Crippen molar-refractivity contribution < 1.29 is 52.0 Å². The molecule has 2 aromatic rings. The SMILES string of the molecule is CCOC(=O)[C@H](CC(C)C)NC(=O)CCC1CC(OC(=O)NCCc2ccc(F)cc2)CC2(CCCC(COC(=O)NCCOc3ccccc3)O2)O1. The van der Waals surface area contributed by atoms with Crippen LogP contribution in [-0.2, 0) is 39.7 Å². The quantitative estimate of drug-likeness (QED) is 0.0999. The maximum absolute atomic E-state index is 13.3. The van der Waals surface area contributed by atoms with Crippen molar-refractivity contribution in [2.45, 2.75) is 109 Å². The van der Waals surface area contributed by atoms with E-state index in [1.54, 1.807) is 19.1 Å². The summed E-state index contributed by atoms with van der Waals surface area (Å²) in [6.45, 7) is 6.66. The normalized spacial score (nSPS) is 21.6. The van der Waals surface area contributed by atoms with Gasteiger partial charge in [0, 0.05) is 32.2 Å². The predicted octanol–water partition coefficient (Wildman–Crippen LogP) is 5.59. The highest BCUT2D eigenvalue weighted by atomic mass is 19.1. The number of halogens is 1. The van der Waals surface area contributed by atoms with Gasteiger partial charge >= 0.3 is 18.2 Å². The van der Waals surface area contributed by atoms with Crippen LogP contribution < -0.4 is 20.7 Å². The summed E-state index contributed by atoms with van der Waals surface area (Å²) in [4.78, 5) is 50.9. The number of hydrogen-bond donors (Lipinski definition) is 3. The molecule has 0 aromatic heterocycles. The molecule has 0 aliphatic carbocycles. The van der Waals surface area contributed by atoms with Gasteiger partial charge in [-0.1, -0.05) is 44.2 Å². The van der Waals surface area contributed by atoms with Crippen molar-refractivity contribution in [2.75, 3.05) is 32.9 Å². The van der Waals surface area contributed by atoms with Crippen LogP contribution in [0.4, 0.5) is 14.0 Å². The van der Waals surface area contributed by atoms with E-state index in [1.807, 2.05) is 44.2 Å². The molecule has 0 bridgehead atoms. The van der Waals surface area contributed by atoms with Crippen molar-refractivity contribution in [1.82, 2.24) is 16.0 Å². The molecule has 0 saturated carbocycles. The lowest BCUT2D eigenvalue weighted by Gasteiger charge is -2.47. The van der Waals surface area contributed by atoms with Gasteiger partial charge in [-0.15, -0.1) is 0 Å². The van der Waals surface area contributed by atoms with Crippen LogP contribution in [0.1, 0.15) is 77.7 Å². The van der Waals surface area contributed by atoms with Crippen molar-refractivity contribution in [3.8, 4) is 5.75 Å². The Labute approximate surface area is 310 Å². The molecule has 0 radical (unpaired) electrons. The topological polar surface area (TPSA) is 160 Å². The van der Waals surface area contributed by atoms with Crippen LogP contribution in [0.2, 0.25) is 0 Å². The molecule has 3 amide bonds. The Morgan fingerprint density at radius 2 is 1.68 bits per heavy atom. The smallest absolute Gasteiger partial charge is 0.407 e. The number of benzene rings is 2. The molecule has 2 aromatic carbocycles. The number of amides is 3. The fourth-order valence-electron chi connectivity index (χ4n) is 6.46. The van der Waals surface area contributed by atoms with Gasteiger partial charge in [0.1, 0.15) is 36.9 Å². The Hall–Kier alpha value is -4.43. The first-order valence-electron chi connectivity index (χ1n) is 18.6. The van der Waals surface area contributed by atoms with Crippen molar-refractivity contribution >= 4 is 24.1 Å². The van der Waals surface area contributed by atoms with Gasteiger partial charge in [-0.2, -0.15) is 0 Å². The third-order valence-corrected chi connectivity index (χ3v) is 8.87. The summed E-state index contributed by atoms with van der Waals surface area (Å²) in [5.41, 5.74) is 0.867. The minimum atomic E-state index is -1.13. The Balaban J connectivity index is 1.32. The molecule has 3 N–H and O–H groups in total. The van der Waals surface area contributed by atoms with Crippen LogP contribution >= 0.6 is 0 Å². The van der Waals surface area contributed by atoms with Gasteiger partial charge in [-0.3, -0.25) is 4.79 Å². The fourth-order valence-corrected chi connectivity index (χ4v) is 6.46. The Morgan fingerprint density at radius 3 is 2.42 bits per heavy atom. The van der Waals surface area contributed by atoms with Gasteiger partial charge in [-0.25, -0.2) is 18.8 Å². The van der Waals surface area contributed by atoms with E-state index in [1.165, 1.54) is 12.1 Å². The van der Waals surface area contributed by atoms with Gasteiger partial charge < -0.3 is 44.4 Å². The number of carbonyl (C=O) groups excluding carboxylic acids is 4. The van der Waals surface area contributed by atoms with Crippen LogP contribution in [0.15, 0.2) is 54.6 Å². The maximum Gasteiger partial charge on any atom is 0.407 e. The summed E-state index contributed by atoms with van der Waals surface area (Å²) in [6.07, 6.45) is 0.924. The largest absolute Gasteiger partial charge is 0.492 e. The number of alkyl carbamates (subject to hydrolysis) is 2. The molecule has 4 rings (SSSR count). The summed E-state index contributed by atoms with van der Waals surface area (Å²) in [5.74, 6) is -1.39. The first kappa shape index (κ1) is 41.3. The Bertz CT molecular complexity index is 1450. The monoisotopic (exact) mass is 743 g/mol. The number of esters is 1. The van der Waals surface area contributed by atoms with E-state index in [0.29, 0.717) is 44.3 Å². The highest BCUT2D eigenvalue weighted by molar-refractivity contribution is 5.84. The molecule has 292 valence electrons. The van der Waals surface area contributed by atoms with Crippen LogP contribution in [0.5, 0.6) is 5.75 Å². The minimum Gasteiger partial charge on any atom is -0.492 e. The van der Waals surface area contributed by atoms with Gasteiger partial charge in [0.05, 0.1) is 25.4 Å². The molecule has 2 aliphatic heterocycles. The van der Waals surface area contributed by atoms with Crippen molar-refractivity contribution in [1.29, 1.82) is 0 Å². The number of rotatable bonds is 18. The molecule has 2 fully saturated rings. The summed E-state index contributed by atoms with van der Waals surface area (Å²) >= 11 is 0. The first-order chi connectivity index (χ1) is 25.5. The minimum absolute atomic E-state index is 0.00987. The molecule has 14 heteroatoms. The average Bonchev–Trinajstić information content (AvgIpc) is 3.12. The summed E-state index contributed by atoms with van der Waals surface area (Å²) in [7, 11) is 0. The highest BCUT2D eigenvalue weighted by Crippen LogP contribution is 2.41. The summed E-state index contributed by atoms with van der Waals surface area (Å²) < 4.78 is 48.3. The second kappa shape index (κ2) is 21.3. The number of carbonyl (C=O) groups is 4. The van der Waals surface area contributed by atoms with Gasteiger partial charge in [0.2, 0.25) is 5.91 Å². The van der Waals surface area contributed by atoms with E-state index in [2.05, 4.69) is 16.0 Å². The van der Waals surface area contributed by atoms with Crippen LogP contribution in [-0.4, -0.2) is 87.1 Å². The lowest BCUT2D eigenvalue weighted by molar-refractivity contribution is -0.329. The van der Waals surface area contributed by atoms with E-state index < -0.39 is 48.3 Å². The lowest BCUT2D eigenvalue weighted by atomic mass is 9.90. The molecule has 2 aliphatic rings. The van der Waals surface area contributed by atoms with Gasteiger partial charge in [0.25, 0.3) is 0 Å². The lowest BCUT2D eigenvalue weighted by Crippen LogP contribution is -2.54. The maximum atomic E-state index is 13.3. The van der Waals surface area contributed by atoms with E-state index in [-0.39, 0.29) is 69.8 Å². The molecule has 13 nitrogen and oxygen atoms in total. The molecule has 53 heavy (non-hydrogen) atoms. The third-order valence-electron chi connectivity index (χ3n) is 8.87. The van der Waals surface area contributed by atoms with Crippen LogP contribution in [0.25, 0.3) is 0 Å². The standard InChI is InChI=1S/C39H54FN3O10/c1-4-48-36(45)34(23-27(2)3)43-35(44)17-16-31-24-33(51-38(47)41-20-18-28-12-14-29(40)15-13-28)25-39(52-31)19-8-11-32(53-39)26-50-37(46)42-21-22-49-30-9-6-5-7-10-30/h5-7,9-10,12-15,27,31-34H,4,8,11,16-26H2,1-3H3,(H,41,47)(H,42,46)(H,43,44)/t31?,32?,33?,34-,39?/m0/s1. The van der Waals surface area contributed by atoms with Crippen LogP contribution in [0.3, 0.4) is 0 Å². The molecule has 5 atom stereocenters. The first-order valence-corrected chi connectivity index (χ1v) is 18.6. The number of nitrogens with one attached hydrogen (secondary N) is 3. The molecular weight excluding hydrogens is 689 g/mol. The molecule has 2 heterocycles. The van der Waals surface area contributed by atoms with Crippen LogP contribution in [0, 0.1) is 11.7 Å². The van der Waals surface area contributed by atoms with E-state index in [9.17, 15) is 23.6 Å². The number of para-hydroxylation sites is 1. The molecule has 1 spiro atoms. The zero-order chi connectivity index (χ0) is 38.1. The summed E-state index contributed by atoms with van der Waals surface area (Å²) in [6, 6.07) is 14.6. The molecular formula is C39H54FN3O10. The second-order valence-electron chi connectivity index (χ2n) is 13.8. The zero-order valence-electron chi connectivity index (χ0n) is 30.9. The van der Waals surface area contributed by atoms with E-state index in [4.69, 9.17) is 28.4 Å². The fraction of sp³-hybridized carbons (Fsp3) is 0.590. The average molecular weight is 744 g/mol. The van der Waals surface area contributed by atoms with E-state index >= 15 is 0 Å². The number of hydrogen-bond acceptors (Lipinski definition) is 10. The Morgan fingerprint density at radius 1 is 0.943 bits per heavy atom. The second-order valence-corrected chi connectivity index (χ2v) is 13.8. The highest BCUT2D eigenvalue weighted by Gasteiger charge is 2.47. The third kappa shape index (κ3) is 14.8. The van der Waals surface area contributed by atoms with Gasteiger partial charge in [0.15, 0.2) is 5.79 Å². The zero-order valence-corrected chi connectivity index (χ0v) is 30.9. The van der Waals surface area contributed by atoms with E-state index in [0.717, 1.165) is 5.56 Å². The number of ether oxygens (including phenoxy) is 6. The summed E-state index contributed by atoms with van der Waals surface area (Å²) in [5, 5.41) is 8.24. The van der Waals surface area contributed by atoms with Crippen molar-refractivity contribution in [3.05, 3.63) is 66.0 Å².